The number of anilines is 1. The summed E-state index contributed by atoms with van der Waals surface area (Å²) in [6, 6.07) is 1.75. The minimum atomic E-state index is -0.327. The van der Waals surface area contributed by atoms with E-state index in [1.54, 1.807) is 6.07 Å². The van der Waals surface area contributed by atoms with E-state index in [0.29, 0.717) is 5.82 Å². The van der Waals surface area contributed by atoms with E-state index in [9.17, 15) is 9.59 Å². The number of nitrogens with one attached hydrogen (secondary N) is 2. The third-order valence-electron chi connectivity index (χ3n) is 1.69. The summed E-state index contributed by atoms with van der Waals surface area (Å²) in [7, 11) is 0. The van der Waals surface area contributed by atoms with Gasteiger partial charge in [0.15, 0.2) is 5.82 Å². The minimum Gasteiger partial charge on any atom is -0.309 e. The molecule has 2 N–H and O–H groups in total. The van der Waals surface area contributed by atoms with Crippen molar-refractivity contribution in [1.82, 2.24) is 10.2 Å². The van der Waals surface area contributed by atoms with Crippen LogP contribution >= 0.6 is 0 Å². The van der Waals surface area contributed by atoms with Gasteiger partial charge in [-0.3, -0.25) is 14.7 Å². The Morgan fingerprint density at radius 3 is 2.79 bits per heavy atom. The summed E-state index contributed by atoms with van der Waals surface area (Å²) in [4.78, 5) is 21.8. The van der Waals surface area contributed by atoms with E-state index in [0.717, 1.165) is 12.1 Å². The van der Waals surface area contributed by atoms with E-state index in [2.05, 4.69) is 15.5 Å². The SMILES string of the molecule is CCc1cc(NC(=O)CC(C)=O)n[nH]1. The molecular formula is C9H13N3O2. The third-order valence-corrected chi connectivity index (χ3v) is 1.69. The summed E-state index contributed by atoms with van der Waals surface area (Å²) in [6.45, 7) is 3.36. The maximum Gasteiger partial charge on any atom is 0.233 e. The average molecular weight is 195 g/mol. The zero-order valence-electron chi connectivity index (χ0n) is 8.26. The predicted octanol–water partition coefficient (Wildman–Crippen LogP) is 0.890. The summed E-state index contributed by atoms with van der Waals surface area (Å²) >= 11 is 0. The molecule has 0 spiro atoms. The Kier molecular flexibility index (Phi) is 3.39. The Hall–Kier alpha value is -1.65. The van der Waals surface area contributed by atoms with Crippen LogP contribution in [0.4, 0.5) is 5.82 Å². The van der Waals surface area contributed by atoms with Gasteiger partial charge in [-0.05, 0) is 13.3 Å². The molecule has 1 aromatic heterocycles. The second-order valence-corrected chi connectivity index (χ2v) is 3.06. The molecule has 5 heteroatoms. The van der Waals surface area contributed by atoms with Crippen LogP contribution in [0.25, 0.3) is 0 Å². The quantitative estimate of drug-likeness (QED) is 0.700. The van der Waals surface area contributed by atoms with Crippen LogP contribution in [0.15, 0.2) is 6.07 Å². The van der Waals surface area contributed by atoms with E-state index in [-0.39, 0.29) is 18.1 Å². The van der Waals surface area contributed by atoms with Crippen LogP contribution in [0.3, 0.4) is 0 Å². The molecule has 0 bridgehead atoms. The van der Waals surface area contributed by atoms with Crippen LogP contribution in [-0.2, 0) is 16.0 Å². The van der Waals surface area contributed by atoms with Crippen molar-refractivity contribution in [2.45, 2.75) is 26.7 Å². The molecule has 0 unspecified atom stereocenters. The first-order valence-corrected chi connectivity index (χ1v) is 4.45. The number of carbonyl (C=O) groups is 2. The van der Waals surface area contributed by atoms with Crippen LogP contribution in [0.1, 0.15) is 26.0 Å². The largest absolute Gasteiger partial charge is 0.309 e. The monoisotopic (exact) mass is 195 g/mol. The molecule has 0 radical (unpaired) electrons. The van der Waals surface area contributed by atoms with Gasteiger partial charge in [-0.2, -0.15) is 5.10 Å². The number of aromatic amines is 1. The fourth-order valence-corrected chi connectivity index (χ4v) is 1.02. The first kappa shape index (κ1) is 10.4. The van der Waals surface area contributed by atoms with E-state index < -0.39 is 0 Å². The molecule has 1 rings (SSSR count). The van der Waals surface area contributed by atoms with Gasteiger partial charge in [-0.15, -0.1) is 0 Å². The summed E-state index contributed by atoms with van der Waals surface area (Å²) in [5.41, 5.74) is 0.947. The lowest BCUT2D eigenvalue weighted by Gasteiger charge is -1.97. The molecule has 0 saturated heterocycles. The summed E-state index contributed by atoms with van der Waals surface area (Å²) < 4.78 is 0. The molecule has 14 heavy (non-hydrogen) atoms. The highest BCUT2D eigenvalue weighted by Crippen LogP contribution is 2.05. The molecule has 1 amide bonds. The van der Waals surface area contributed by atoms with Gasteiger partial charge >= 0.3 is 0 Å². The number of rotatable bonds is 4. The topological polar surface area (TPSA) is 74.8 Å². The molecule has 5 nitrogen and oxygen atoms in total. The second-order valence-electron chi connectivity index (χ2n) is 3.06. The van der Waals surface area contributed by atoms with Crippen molar-refractivity contribution in [3.05, 3.63) is 11.8 Å². The predicted molar refractivity (Wildman–Crippen MR) is 51.9 cm³/mol. The van der Waals surface area contributed by atoms with Crippen molar-refractivity contribution in [2.75, 3.05) is 5.32 Å². The second kappa shape index (κ2) is 4.55. The van der Waals surface area contributed by atoms with Crippen LogP contribution in [-0.4, -0.2) is 21.9 Å². The van der Waals surface area contributed by atoms with Gasteiger partial charge < -0.3 is 5.32 Å². The smallest absolute Gasteiger partial charge is 0.233 e. The van der Waals surface area contributed by atoms with E-state index >= 15 is 0 Å². The van der Waals surface area contributed by atoms with E-state index in [1.807, 2.05) is 6.92 Å². The number of aromatic nitrogens is 2. The molecule has 0 aliphatic rings. The van der Waals surface area contributed by atoms with Crippen molar-refractivity contribution in [3.8, 4) is 0 Å². The Morgan fingerprint density at radius 2 is 2.29 bits per heavy atom. The first-order chi connectivity index (χ1) is 6.61. The standard InChI is InChI=1S/C9H13N3O2/c1-3-7-5-8(12-11-7)10-9(14)4-6(2)13/h5H,3-4H2,1-2H3,(H2,10,11,12,14). The van der Waals surface area contributed by atoms with Crippen LogP contribution < -0.4 is 5.32 Å². The van der Waals surface area contributed by atoms with E-state index in [4.69, 9.17) is 0 Å². The van der Waals surface area contributed by atoms with Crippen LogP contribution in [0.2, 0.25) is 0 Å². The molecule has 0 aliphatic heterocycles. The first-order valence-electron chi connectivity index (χ1n) is 4.45. The Morgan fingerprint density at radius 1 is 1.57 bits per heavy atom. The van der Waals surface area contributed by atoms with Crippen molar-refractivity contribution in [1.29, 1.82) is 0 Å². The lowest BCUT2D eigenvalue weighted by molar-refractivity contribution is -0.124. The van der Waals surface area contributed by atoms with Crippen molar-refractivity contribution < 1.29 is 9.59 Å². The molecule has 76 valence electrons. The van der Waals surface area contributed by atoms with Crippen molar-refractivity contribution >= 4 is 17.5 Å². The lowest BCUT2D eigenvalue weighted by atomic mass is 10.3. The minimum absolute atomic E-state index is 0.103. The highest BCUT2D eigenvalue weighted by Gasteiger charge is 2.07. The summed E-state index contributed by atoms with van der Waals surface area (Å²) in [6.07, 6.45) is 0.726. The molecule has 0 aromatic carbocycles. The number of H-pyrrole nitrogens is 1. The molecule has 1 heterocycles. The molecule has 1 aromatic rings. The zero-order chi connectivity index (χ0) is 10.6. The van der Waals surface area contributed by atoms with Crippen LogP contribution in [0.5, 0.6) is 0 Å². The molecular weight excluding hydrogens is 182 g/mol. The molecule has 0 saturated carbocycles. The number of aryl methyl sites for hydroxylation is 1. The highest BCUT2D eigenvalue weighted by molar-refractivity contribution is 6.03. The maximum absolute atomic E-state index is 11.1. The zero-order valence-corrected chi connectivity index (χ0v) is 8.26. The number of nitrogens with zero attached hydrogens (tertiary/aromatic N) is 1. The van der Waals surface area contributed by atoms with Gasteiger partial charge in [0.1, 0.15) is 5.78 Å². The number of Topliss-reactive ketones (excluding diaryl/α,β-unsaturated/α-hetero) is 1. The number of ketones is 1. The Labute approximate surface area is 81.9 Å². The molecule has 0 atom stereocenters. The van der Waals surface area contributed by atoms with Gasteiger partial charge in [0.05, 0.1) is 6.42 Å². The molecule has 0 aliphatic carbocycles. The van der Waals surface area contributed by atoms with Gasteiger partial charge in [-0.25, -0.2) is 0 Å². The number of amides is 1. The van der Waals surface area contributed by atoms with Gasteiger partial charge in [0.25, 0.3) is 0 Å². The summed E-state index contributed by atoms with van der Waals surface area (Å²) in [5.74, 6) is -0.0199. The Balaban J connectivity index is 2.51. The number of hydrogen-bond acceptors (Lipinski definition) is 3. The van der Waals surface area contributed by atoms with Crippen molar-refractivity contribution in [2.24, 2.45) is 0 Å². The Bertz CT molecular complexity index is 344. The average Bonchev–Trinajstić information content (AvgIpc) is 2.50. The number of carbonyl (C=O) groups excluding carboxylic acids is 2. The van der Waals surface area contributed by atoms with E-state index in [1.165, 1.54) is 6.92 Å². The molecule has 0 fully saturated rings. The van der Waals surface area contributed by atoms with Crippen LogP contribution in [0, 0.1) is 0 Å². The van der Waals surface area contributed by atoms with Gasteiger partial charge in [-0.1, -0.05) is 6.92 Å². The fourth-order valence-electron chi connectivity index (χ4n) is 1.02. The van der Waals surface area contributed by atoms with Gasteiger partial charge in [0, 0.05) is 11.8 Å². The fraction of sp³-hybridized carbons (Fsp3) is 0.444. The van der Waals surface area contributed by atoms with Crippen molar-refractivity contribution in [3.63, 3.8) is 0 Å². The van der Waals surface area contributed by atoms with Gasteiger partial charge in [0.2, 0.25) is 5.91 Å². The third kappa shape index (κ3) is 3.01. The number of hydrogen-bond donors (Lipinski definition) is 2. The highest BCUT2D eigenvalue weighted by atomic mass is 16.2. The summed E-state index contributed by atoms with van der Waals surface area (Å²) in [5, 5.41) is 9.16. The maximum atomic E-state index is 11.1. The normalized spacial score (nSPS) is 9.86. The lowest BCUT2D eigenvalue weighted by Crippen LogP contribution is -2.14.